The van der Waals surface area contributed by atoms with Gasteiger partial charge in [0.25, 0.3) is 0 Å². The van der Waals surface area contributed by atoms with E-state index < -0.39 is 0 Å². The van der Waals surface area contributed by atoms with Crippen LogP contribution in [0.3, 0.4) is 0 Å². The smallest absolute Gasteiger partial charge is 0.302 e. The monoisotopic (exact) mass is 284 g/mol. The molecule has 0 bridgehead atoms. The summed E-state index contributed by atoms with van der Waals surface area (Å²) in [6, 6.07) is 0. The molecule has 20 heavy (non-hydrogen) atoms. The van der Waals surface area contributed by atoms with E-state index in [9.17, 15) is 4.79 Å². The molecular formula is C18H36O2. The second kappa shape index (κ2) is 11.2. The van der Waals surface area contributed by atoms with Gasteiger partial charge in [-0.2, -0.15) is 0 Å². The quantitative estimate of drug-likeness (QED) is 0.462. The van der Waals surface area contributed by atoms with Crippen molar-refractivity contribution in [3.63, 3.8) is 0 Å². The van der Waals surface area contributed by atoms with Crippen LogP contribution in [-0.4, -0.2) is 12.1 Å². The number of hydrogen-bond donors (Lipinski definition) is 0. The van der Waals surface area contributed by atoms with E-state index in [0.29, 0.717) is 5.92 Å². The van der Waals surface area contributed by atoms with E-state index >= 15 is 0 Å². The Balaban J connectivity index is 3.74. The highest BCUT2D eigenvalue weighted by molar-refractivity contribution is 5.66. The third-order valence-electron chi connectivity index (χ3n) is 4.36. The number of rotatable bonds is 11. The van der Waals surface area contributed by atoms with Crippen LogP contribution in [0, 0.1) is 17.8 Å². The molecule has 0 spiro atoms. The molecule has 0 aromatic rings. The Hall–Kier alpha value is -0.530. The Morgan fingerprint density at radius 3 is 2.00 bits per heavy atom. The van der Waals surface area contributed by atoms with E-state index in [1.54, 1.807) is 0 Å². The number of unbranched alkanes of at least 4 members (excludes halogenated alkanes) is 1. The van der Waals surface area contributed by atoms with Crippen molar-refractivity contribution in [1.29, 1.82) is 0 Å². The van der Waals surface area contributed by atoms with Crippen LogP contribution in [0.2, 0.25) is 0 Å². The molecule has 0 radical (unpaired) electrons. The van der Waals surface area contributed by atoms with Gasteiger partial charge >= 0.3 is 5.97 Å². The normalized spacial score (nSPS) is 17.3. The predicted molar refractivity (Wildman–Crippen MR) is 86.7 cm³/mol. The summed E-state index contributed by atoms with van der Waals surface area (Å²) in [4.78, 5) is 10.9. The molecular weight excluding hydrogens is 248 g/mol. The topological polar surface area (TPSA) is 26.3 Å². The number of hydrogen-bond acceptors (Lipinski definition) is 2. The van der Waals surface area contributed by atoms with Crippen LogP contribution in [0.15, 0.2) is 0 Å². The van der Waals surface area contributed by atoms with Gasteiger partial charge in [-0.25, -0.2) is 0 Å². The molecule has 0 aliphatic heterocycles. The van der Waals surface area contributed by atoms with E-state index in [1.165, 1.54) is 45.4 Å². The van der Waals surface area contributed by atoms with Crippen LogP contribution in [0.4, 0.5) is 0 Å². The van der Waals surface area contributed by atoms with Crippen LogP contribution in [-0.2, 0) is 9.53 Å². The molecule has 0 fully saturated rings. The van der Waals surface area contributed by atoms with Crippen molar-refractivity contribution in [3.8, 4) is 0 Å². The molecule has 0 heterocycles. The van der Waals surface area contributed by atoms with Gasteiger partial charge in [0.15, 0.2) is 0 Å². The molecule has 0 aliphatic rings. The first-order valence-electron chi connectivity index (χ1n) is 8.54. The first-order chi connectivity index (χ1) is 9.36. The molecule has 2 heteroatoms. The zero-order chi connectivity index (χ0) is 15.5. The van der Waals surface area contributed by atoms with E-state index in [2.05, 4.69) is 27.7 Å². The summed E-state index contributed by atoms with van der Waals surface area (Å²) >= 11 is 0. The minimum absolute atomic E-state index is 0.0475. The van der Waals surface area contributed by atoms with Gasteiger partial charge in [0.2, 0.25) is 0 Å². The first kappa shape index (κ1) is 19.5. The van der Waals surface area contributed by atoms with Gasteiger partial charge in [0, 0.05) is 6.92 Å². The van der Waals surface area contributed by atoms with Crippen molar-refractivity contribution in [3.05, 3.63) is 0 Å². The maximum atomic E-state index is 10.9. The van der Waals surface area contributed by atoms with Crippen LogP contribution in [0.5, 0.6) is 0 Å². The number of ether oxygens (including phenoxy) is 1. The standard InChI is InChI=1S/C18H36O2/c1-7-8-10-14(2)13-15(3)11-9-12-16(4)17(5)20-18(6)19/h14-17H,7-13H2,1-6H3/t14-,15-,16-,17+/m1/s1. The van der Waals surface area contributed by atoms with Gasteiger partial charge in [-0.1, -0.05) is 59.8 Å². The molecule has 0 unspecified atom stereocenters. The second-order valence-corrected chi connectivity index (χ2v) is 6.81. The van der Waals surface area contributed by atoms with Gasteiger partial charge in [0.1, 0.15) is 6.10 Å². The Morgan fingerprint density at radius 2 is 1.50 bits per heavy atom. The first-order valence-corrected chi connectivity index (χ1v) is 8.54. The fourth-order valence-electron chi connectivity index (χ4n) is 2.88. The summed E-state index contributed by atoms with van der Waals surface area (Å²) in [6.45, 7) is 12.7. The molecule has 0 saturated carbocycles. The molecule has 120 valence electrons. The summed E-state index contributed by atoms with van der Waals surface area (Å²) in [5.41, 5.74) is 0. The molecule has 0 amide bonds. The van der Waals surface area contributed by atoms with Crippen LogP contribution in [0.25, 0.3) is 0 Å². The lowest BCUT2D eigenvalue weighted by molar-refractivity contribution is -0.147. The molecule has 0 aromatic carbocycles. The highest BCUT2D eigenvalue weighted by Gasteiger charge is 2.15. The van der Waals surface area contributed by atoms with Crippen LogP contribution >= 0.6 is 0 Å². The lowest BCUT2D eigenvalue weighted by Crippen LogP contribution is -2.20. The Labute approximate surface area is 126 Å². The SMILES string of the molecule is CCCC[C@@H](C)C[C@H](C)CCC[C@@H](C)[C@H](C)OC(C)=O. The van der Waals surface area contributed by atoms with Gasteiger partial charge in [-0.3, -0.25) is 4.79 Å². The average molecular weight is 284 g/mol. The zero-order valence-electron chi connectivity index (χ0n) is 14.6. The molecule has 2 nitrogen and oxygen atoms in total. The maximum absolute atomic E-state index is 10.9. The summed E-state index contributed by atoms with van der Waals surface area (Å²) in [5, 5.41) is 0. The molecule has 4 atom stereocenters. The van der Waals surface area contributed by atoms with Gasteiger partial charge in [-0.05, 0) is 37.5 Å². The molecule has 0 aliphatic carbocycles. The Kier molecular flexibility index (Phi) is 10.9. The Morgan fingerprint density at radius 1 is 0.950 bits per heavy atom. The predicted octanol–water partition coefficient (Wildman–Crippen LogP) is 5.60. The van der Waals surface area contributed by atoms with Crippen molar-refractivity contribution < 1.29 is 9.53 Å². The summed E-state index contributed by atoms with van der Waals surface area (Å²) in [6.07, 6.45) is 9.15. The minimum Gasteiger partial charge on any atom is -0.463 e. The maximum Gasteiger partial charge on any atom is 0.302 e. The summed E-state index contributed by atoms with van der Waals surface area (Å²) in [5.74, 6) is 1.98. The number of carbonyl (C=O) groups excluding carboxylic acids is 1. The van der Waals surface area contributed by atoms with E-state index in [4.69, 9.17) is 4.74 Å². The van der Waals surface area contributed by atoms with Gasteiger partial charge in [0.05, 0.1) is 0 Å². The van der Waals surface area contributed by atoms with E-state index in [0.717, 1.165) is 18.3 Å². The summed E-state index contributed by atoms with van der Waals surface area (Å²) < 4.78 is 5.24. The number of carbonyl (C=O) groups is 1. The third kappa shape index (κ3) is 10.3. The van der Waals surface area contributed by atoms with E-state index in [1.807, 2.05) is 6.92 Å². The molecule has 0 aromatic heterocycles. The highest BCUT2D eigenvalue weighted by atomic mass is 16.5. The van der Waals surface area contributed by atoms with Crippen molar-refractivity contribution in [2.75, 3.05) is 0 Å². The van der Waals surface area contributed by atoms with E-state index in [-0.39, 0.29) is 12.1 Å². The second-order valence-electron chi connectivity index (χ2n) is 6.81. The summed E-state index contributed by atoms with van der Waals surface area (Å²) in [7, 11) is 0. The lowest BCUT2D eigenvalue weighted by atomic mass is 9.88. The average Bonchev–Trinajstić information content (AvgIpc) is 2.35. The largest absolute Gasteiger partial charge is 0.463 e. The Bertz CT molecular complexity index is 250. The third-order valence-corrected chi connectivity index (χ3v) is 4.36. The zero-order valence-corrected chi connectivity index (χ0v) is 14.6. The van der Waals surface area contributed by atoms with Crippen molar-refractivity contribution >= 4 is 5.97 Å². The molecule has 0 N–H and O–H groups in total. The highest BCUT2D eigenvalue weighted by Crippen LogP contribution is 2.23. The minimum atomic E-state index is -0.164. The molecule has 0 saturated heterocycles. The van der Waals surface area contributed by atoms with Crippen LogP contribution < -0.4 is 0 Å². The lowest BCUT2D eigenvalue weighted by Gasteiger charge is -2.21. The van der Waals surface area contributed by atoms with Crippen molar-refractivity contribution in [2.45, 2.75) is 92.6 Å². The fraction of sp³-hybridized carbons (Fsp3) is 0.944. The molecule has 0 rings (SSSR count). The van der Waals surface area contributed by atoms with Gasteiger partial charge < -0.3 is 4.74 Å². The fourth-order valence-corrected chi connectivity index (χ4v) is 2.88. The van der Waals surface area contributed by atoms with Gasteiger partial charge in [-0.15, -0.1) is 0 Å². The van der Waals surface area contributed by atoms with Crippen LogP contribution in [0.1, 0.15) is 86.5 Å². The van der Waals surface area contributed by atoms with Crippen molar-refractivity contribution in [1.82, 2.24) is 0 Å². The number of esters is 1. The van der Waals surface area contributed by atoms with Crippen molar-refractivity contribution in [2.24, 2.45) is 17.8 Å².